The zero-order valence-corrected chi connectivity index (χ0v) is 16.5. The smallest absolute Gasteiger partial charge is 0.345 e. The van der Waals surface area contributed by atoms with Crippen LogP contribution in [0, 0.1) is 11.6 Å². The molecule has 0 atom stereocenters. The van der Waals surface area contributed by atoms with Gasteiger partial charge in [-0.3, -0.25) is 4.79 Å². The van der Waals surface area contributed by atoms with Crippen molar-refractivity contribution in [3.8, 4) is 5.75 Å². The number of carboxylic acids is 1. The van der Waals surface area contributed by atoms with Crippen molar-refractivity contribution in [3.05, 3.63) is 50.7 Å². The van der Waals surface area contributed by atoms with Gasteiger partial charge in [0.2, 0.25) is 0 Å². The van der Waals surface area contributed by atoms with E-state index in [1.165, 1.54) is 16.2 Å². The molecule has 0 aliphatic carbocycles. The third-order valence-corrected chi connectivity index (χ3v) is 6.71. The van der Waals surface area contributed by atoms with Crippen molar-refractivity contribution >= 4 is 23.2 Å². The number of rotatable bonds is 3. The number of aromatic carboxylic acids is 1. The van der Waals surface area contributed by atoms with E-state index in [0.717, 1.165) is 29.7 Å². The molecule has 1 saturated heterocycles. The van der Waals surface area contributed by atoms with E-state index in [1.807, 2.05) is 0 Å². The molecule has 1 N–H and O–H groups in total. The lowest BCUT2D eigenvalue weighted by Crippen LogP contribution is -2.48. The van der Waals surface area contributed by atoms with Gasteiger partial charge >= 0.3 is 5.97 Å². The summed E-state index contributed by atoms with van der Waals surface area (Å²) in [5, 5.41) is 9.29. The van der Waals surface area contributed by atoms with Crippen LogP contribution in [0.5, 0.6) is 5.75 Å². The second-order valence-electron chi connectivity index (χ2n) is 7.11. The highest BCUT2D eigenvalue weighted by Gasteiger charge is 2.43. The minimum absolute atomic E-state index is 0.0781. The Balaban J connectivity index is 1.53. The molecule has 29 heavy (non-hydrogen) atoms. The summed E-state index contributed by atoms with van der Waals surface area (Å²) in [4.78, 5) is 26.9. The summed E-state index contributed by atoms with van der Waals surface area (Å²) in [6.07, 6.45) is 1.65. The van der Waals surface area contributed by atoms with Gasteiger partial charge in [0.05, 0.1) is 19.3 Å². The minimum atomic E-state index is -0.962. The Kier molecular flexibility index (Phi) is 5.04. The van der Waals surface area contributed by atoms with Crippen LogP contribution in [0.2, 0.25) is 0 Å². The average Bonchev–Trinajstić information content (AvgIpc) is 3.14. The van der Waals surface area contributed by atoms with Crippen LogP contribution in [0.25, 0.3) is 0 Å². The molecule has 0 radical (unpaired) electrons. The summed E-state index contributed by atoms with van der Waals surface area (Å²) in [5.74, 6) is -3.80. The first-order chi connectivity index (χ1) is 13.8. The van der Waals surface area contributed by atoms with Crippen molar-refractivity contribution in [1.82, 2.24) is 4.90 Å². The normalized spacial score (nSPS) is 17.8. The van der Waals surface area contributed by atoms with Crippen molar-refractivity contribution in [2.24, 2.45) is 0 Å². The molecule has 2 aliphatic heterocycles. The summed E-state index contributed by atoms with van der Waals surface area (Å²) < 4.78 is 38.6. The van der Waals surface area contributed by atoms with Crippen LogP contribution in [-0.4, -0.2) is 48.7 Å². The number of carbonyl (C=O) groups excluding carboxylic acids is 1. The molecule has 1 aromatic heterocycles. The lowest BCUT2D eigenvalue weighted by molar-refractivity contribution is -0.0926. The molecule has 6 nitrogen and oxygen atoms in total. The number of hydrogen-bond acceptors (Lipinski definition) is 5. The highest BCUT2D eigenvalue weighted by molar-refractivity contribution is 7.14. The number of fused-ring (bicyclic) bond motifs is 2. The molecule has 0 bridgehead atoms. The first-order valence-electron chi connectivity index (χ1n) is 9.17. The average molecular weight is 423 g/mol. The van der Waals surface area contributed by atoms with Crippen molar-refractivity contribution in [2.45, 2.75) is 24.9 Å². The quantitative estimate of drug-likeness (QED) is 0.819. The van der Waals surface area contributed by atoms with Gasteiger partial charge in [-0.25, -0.2) is 13.6 Å². The topological polar surface area (TPSA) is 76.1 Å². The van der Waals surface area contributed by atoms with E-state index in [-0.39, 0.29) is 10.4 Å². The number of likely N-dealkylation sites (tertiary alicyclic amines) is 1. The molecule has 9 heteroatoms. The Bertz CT molecular complexity index is 958. The van der Waals surface area contributed by atoms with Crippen LogP contribution in [-0.2, 0) is 16.8 Å². The Morgan fingerprint density at radius 2 is 1.86 bits per heavy atom. The molecule has 1 aromatic carbocycles. The van der Waals surface area contributed by atoms with Crippen molar-refractivity contribution in [1.29, 1.82) is 0 Å². The maximum absolute atomic E-state index is 14.0. The second-order valence-corrected chi connectivity index (χ2v) is 8.25. The van der Waals surface area contributed by atoms with E-state index < -0.39 is 34.9 Å². The van der Waals surface area contributed by atoms with Gasteiger partial charge in [0.25, 0.3) is 5.91 Å². The fourth-order valence-electron chi connectivity index (χ4n) is 4.07. The predicted molar refractivity (Wildman–Crippen MR) is 101 cm³/mol. The summed E-state index contributed by atoms with van der Waals surface area (Å²) >= 11 is 1.27. The number of hydrogen-bond donors (Lipinski definition) is 1. The third kappa shape index (κ3) is 3.38. The number of thiophene rings is 1. The molecule has 2 aliphatic rings. The highest BCUT2D eigenvalue weighted by Crippen LogP contribution is 2.44. The summed E-state index contributed by atoms with van der Waals surface area (Å²) in [6, 6.07) is 3.62. The number of carboxylic acid groups (broad SMARTS) is 1. The first-order valence-corrected chi connectivity index (χ1v) is 9.99. The number of halogens is 2. The van der Waals surface area contributed by atoms with Crippen LogP contribution >= 0.6 is 11.3 Å². The lowest BCUT2D eigenvalue weighted by Gasteiger charge is -2.44. The largest absolute Gasteiger partial charge is 0.491 e. The van der Waals surface area contributed by atoms with Crippen LogP contribution in [0.1, 0.15) is 43.3 Å². The van der Waals surface area contributed by atoms with E-state index in [4.69, 9.17) is 4.74 Å². The molecule has 1 spiro atoms. The van der Waals surface area contributed by atoms with Crippen molar-refractivity contribution < 1.29 is 33.0 Å². The zero-order valence-electron chi connectivity index (χ0n) is 15.7. The van der Waals surface area contributed by atoms with Crippen molar-refractivity contribution in [3.63, 3.8) is 0 Å². The van der Waals surface area contributed by atoms with Gasteiger partial charge in [-0.1, -0.05) is 0 Å². The number of piperidine rings is 1. The standard InChI is InChI=1S/C20H19F2NO5S/c1-27-17-13(21)8-11(9-14(17)22)18(24)23-5-3-20(4-6-23)12-10-16(19(25)26)29-15(12)2-7-28-20/h8-10H,2-7H2,1H3,(H,25,26). The van der Waals surface area contributed by atoms with E-state index in [1.54, 1.807) is 6.07 Å². The number of amides is 1. The molecule has 0 saturated carbocycles. The number of nitrogens with zero attached hydrogens (tertiary/aromatic N) is 1. The maximum atomic E-state index is 14.0. The van der Waals surface area contributed by atoms with Gasteiger partial charge in [0.15, 0.2) is 17.4 Å². The number of carbonyl (C=O) groups is 2. The summed E-state index contributed by atoms with van der Waals surface area (Å²) in [7, 11) is 1.16. The predicted octanol–water partition coefficient (Wildman–Crippen LogP) is 3.44. The lowest BCUT2D eigenvalue weighted by atomic mass is 9.82. The monoisotopic (exact) mass is 423 g/mol. The molecule has 0 unspecified atom stereocenters. The highest BCUT2D eigenvalue weighted by atomic mass is 32.1. The number of benzene rings is 1. The van der Waals surface area contributed by atoms with E-state index in [0.29, 0.717) is 39.0 Å². The van der Waals surface area contributed by atoms with E-state index in [2.05, 4.69) is 4.74 Å². The molecule has 2 aromatic rings. The first kappa shape index (κ1) is 19.8. The summed E-state index contributed by atoms with van der Waals surface area (Å²) in [6.45, 7) is 1.17. The van der Waals surface area contributed by atoms with Crippen LogP contribution < -0.4 is 4.74 Å². The Morgan fingerprint density at radius 3 is 2.45 bits per heavy atom. The molecular weight excluding hydrogens is 404 g/mol. The van der Waals surface area contributed by atoms with Gasteiger partial charge < -0.3 is 19.5 Å². The number of ether oxygens (including phenoxy) is 2. The fraction of sp³-hybridized carbons (Fsp3) is 0.400. The van der Waals surface area contributed by atoms with Gasteiger partial charge in [0.1, 0.15) is 4.88 Å². The Hall–Kier alpha value is -2.52. The van der Waals surface area contributed by atoms with Crippen LogP contribution in [0.15, 0.2) is 18.2 Å². The molecule has 1 fully saturated rings. The minimum Gasteiger partial charge on any atom is -0.491 e. The van der Waals surface area contributed by atoms with Gasteiger partial charge in [0, 0.05) is 30.0 Å². The van der Waals surface area contributed by atoms with Crippen LogP contribution in [0.3, 0.4) is 0 Å². The molecular formula is C20H19F2NO5S. The van der Waals surface area contributed by atoms with E-state index >= 15 is 0 Å². The molecule has 3 heterocycles. The van der Waals surface area contributed by atoms with E-state index in [9.17, 15) is 23.5 Å². The van der Waals surface area contributed by atoms with Gasteiger partial charge in [-0.15, -0.1) is 11.3 Å². The molecule has 4 rings (SSSR count). The molecule has 154 valence electrons. The van der Waals surface area contributed by atoms with Gasteiger partial charge in [-0.2, -0.15) is 0 Å². The van der Waals surface area contributed by atoms with Crippen molar-refractivity contribution in [2.75, 3.05) is 26.8 Å². The SMILES string of the molecule is COc1c(F)cc(C(=O)N2CCC3(CC2)OCCc2sc(C(=O)O)cc23)cc1F. The third-order valence-electron chi connectivity index (χ3n) is 5.53. The van der Waals surface area contributed by atoms with Crippen LogP contribution in [0.4, 0.5) is 8.78 Å². The Morgan fingerprint density at radius 1 is 1.21 bits per heavy atom. The molecule has 1 amide bonds. The van der Waals surface area contributed by atoms with Gasteiger partial charge in [-0.05, 0) is 36.6 Å². The zero-order chi connectivity index (χ0) is 20.8. The Labute approximate surface area is 169 Å². The number of methoxy groups -OCH3 is 1. The summed E-state index contributed by atoms with van der Waals surface area (Å²) in [5.41, 5.74) is 0.191. The fourth-order valence-corrected chi connectivity index (χ4v) is 5.14. The second kappa shape index (κ2) is 7.38. The maximum Gasteiger partial charge on any atom is 0.345 e.